The van der Waals surface area contributed by atoms with E-state index in [-0.39, 0.29) is 11.2 Å². The first-order valence-electron chi connectivity index (χ1n) is 6.00. The van der Waals surface area contributed by atoms with Crippen LogP contribution in [0.4, 0.5) is 23.2 Å². The summed E-state index contributed by atoms with van der Waals surface area (Å²) < 4.78 is 53.1. The van der Waals surface area contributed by atoms with Gasteiger partial charge in [0.1, 0.15) is 5.69 Å². The Hall–Kier alpha value is -0.890. The molecule has 8 heteroatoms. The average molecular weight is 371 g/mol. The zero-order valence-corrected chi connectivity index (χ0v) is 12.6. The lowest BCUT2D eigenvalue weighted by Gasteiger charge is -2.17. The van der Waals surface area contributed by atoms with Gasteiger partial charge in [0.15, 0.2) is 28.4 Å². The zero-order chi connectivity index (χ0) is 14.9. The van der Waals surface area contributed by atoms with Crippen LogP contribution in [-0.4, -0.2) is 11.2 Å². The van der Waals surface area contributed by atoms with Crippen LogP contribution in [0.2, 0.25) is 0 Å². The van der Waals surface area contributed by atoms with Crippen molar-refractivity contribution in [3.8, 4) is 0 Å². The molecule has 0 saturated heterocycles. The first kappa shape index (κ1) is 15.5. The fourth-order valence-corrected chi connectivity index (χ4v) is 2.74. The fraction of sp³-hybridized carbons (Fsp3) is 0.417. The van der Waals surface area contributed by atoms with Crippen molar-refractivity contribution < 1.29 is 17.6 Å². The van der Waals surface area contributed by atoms with Crippen LogP contribution in [0.5, 0.6) is 0 Å². The molecule has 2 nitrogen and oxygen atoms in total. The maximum atomic E-state index is 13.6. The first-order chi connectivity index (χ1) is 9.41. The number of benzene rings is 1. The maximum absolute atomic E-state index is 13.6. The monoisotopic (exact) mass is 370 g/mol. The highest BCUT2D eigenvalue weighted by Crippen LogP contribution is 2.31. The summed E-state index contributed by atoms with van der Waals surface area (Å²) >= 11 is 7.34. The molecule has 0 spiro atoms. The summed E-state index contributed by atoms with van der Waals surface area (Å²) in [5.74, 6) is -6.05. The predicted molar refractivity (Wildman–Crippen MR) is 75.6 cm³/mol. The molecular weight excluding hydrogens is 360 g/mol. The van der Waals surface area contributed by atoms with Gasteiger partial charge < -0.3 is 10.6 Å². The van der Waals surface area contributed by atoms with Crippen LogP contribution in [0.3, 0.4) is 0 Å². The van der Waals surface area contributed by atoms with Gasteiger partial charge in [0.25, 0.3) is 0 Å². The molecule has 2 N–H and O–H groups in total. The molecule has 0 unspecified atom stereocenters. The number of halogens is 5. The van der Waals surface area contributed by atoms with E-state index in [1.807, 2.05) is 0 Å². The predicted octanol–water partition coefficient (Wildman–Crippen LogP) is 4.23. The van der Waals surface area contributed by atoms with Gasteiger partial charge in [-0.2, -0.15) is 0 Å². The largest absolute Gasteiger partial charge is 0.360 e. The lowest BCUT2D eigenvalue weighted by atomic mass is 10.2. The van der Waals surface area contributed by atoms with Crippen LogP contribution in [0.1, 0.15) is 25.7 Å². The Balaban J connectivity index is 2.18. The molecule has 0 aliphatic heterocycles. The molecule has 2 rings (SSSR count). The minimum atomic E-state index is -1.52. The van der Waals surface area contributed by atoms with Gasteiger partial charge in [0.2, 0.25) is 0 Å². The summed E-state index contributed by atoms with van der Waals surface area (Å²) in [4.78, 5) is 0. The standard InChI is InChI=1S/C12H11BrF4N2S/c13-6-7(14)9(16)11(10(17)8(6)15)19-12(20)18-5-3-1-2-4-5/h5H,1-4H2,(H2,18,19,20). The molecular formula is C12H11BrF4N2S. The first-order valence-corrected chi connectivity index (χ1v) is 7.21. The molecule has 20 heavy (non-hydrogen) atoms. The second-order valence-electron chi connectivity index (χ2n) is 4.52. The fourth-order valence-electron chi connectivity index (χ4n) is 2.12. The smallest absolute Gasteiger partial charge is 0.186 e. The summed E-state index contributed by atoms with van der Waals surface area (Å²) in [6.45, 7) is 0. The normalized spacial score (nSPS) is 15.4. The number of thiocarbonyl (C=S) groups is 1. The Labute approximate surface area is 127 Å². The Bertz CT molecular complexity index is 518. The van der Waals surface area contributed by atoms with E-state index in [9.17, 15) is 17.6 Å². The SMILES string of the molecule is Fc1c(F)c(NC(=S)NC2CCCC2)c(F)c(F)c1Br. The lowest BCUT2D eigenvalue weighted by Crippen LogP contribution is -2.36. The van der Waals surface area contributed by atoms with E-state index < -0.39 is 33.4 Å². The van der Waals surface area contributed by atoms with Crippen molar-refractivity contribution in [1.29, 1.82) is 0 Å². The highest BCUT2D eigenvalue weighted by atomic mass is 79.9. The summed E-state index contributed by atoms with van der Waals surface area (Å²) in [5.41, 5.74) is -0.932. The Morgan fingerprint density at radius 3 is 2.00 bits per heavy atom. The maximum Gasteiger partial charge on any atom is 0.186 e. The van der Waals surface area contributed by atoms with E-state index in [0.717, 1.165) is 25.7 Å². The van der Waals surface area contributed by atoms with E-state index in [4.69, 9.17) is 12.2 Å². The topological polar surface area (TPSA) is 24.1 Å². The Morgan fingerprint density at radius 2 is 1.50 bits per heavy atom. The van der Waals surface area contributed by atoms with Crippen molar-refractivity contribution in [3.05, 3.63) is 27.7 Å². The lowest BCUT2D eigenvalue weighted by molar-refractivity contribution is 0.452. The van der Waals surface area contributed by atoms with Crippen molar-refractivity contribution in [2.24, 2.45) is 0 Å². The minimum absolute atomic E-state index is 0.0594. The third-order valence-electron chi connectivity index (χ3n) is 3.14. The molecule has 0 bridgehead atoms. The Kier molecular flexibility index (Phi) is 4.85. The number of rotatable bonds is 2. The summed E-state index contributed by atoms with van der Waals surface area (Å²) in [6.07, 6.45) is 3.89. The average Bonchev–Trinajstić information content (AvgIpc) is 2.92. The molecule has 0 radical (unpaired) electrons. The van der Waals surface area contributed by atoms with Gasteiger partial charge in [0.05, 0.1) is 4.47 Å². The second-order valence-corrected chi connectivity index (χ2v) is 5.73. The molecule has 110 valence electrons. The Morgan fingerprint density at radius 1 is 1.00 bits per heavy atom. The molecule has 0 aromatic heterocycles. The van der Waals surface area contributed by atoms with Gasteiger partial charge in [-0.15, -0.1) is 0 Å². The van der Waals surface area contributed by atoms with Gasteiger partial charge in [-0.25, -0.2) is 17.6 Å². The van der Waals surface area contributed by atoms with Gasteiger partial charge >= 0.3 is 0 Å². The zero-order valence-electron chi connectivity index (χ0n) is 10.2. The van der Waals surface area contributed by atoms with Crippen LogP contribution in [0, 0.1) is 23.3 Å². The molecule has 1 aliphatic carbocycles. The number of hydrogen-bond acceptors (Lipinski definition) is 1. The van der Waals surface area contributed by atoms with Crippen LogP contribution in [0.15, 0.2) is 4.47 Å². The number of nitrogens with one attached hydrogen (secondary N) is 2. The molecule has 0 atom stereocenters. The van der Waals surface area contributed by atoms with Crippen molar-refractivity contribution >= 4 is 38.9 Å². The van der Waals surface area contributed by atoms with Gasteiger partial charge in [-0.1, -0.05) is 12.8 Å². The van der Waals surface area contributed by atoms with Crippen LogP contribution >= 0.6 is 28.1 Å². The van der Waals surface area contributed by atoms with Crippen LogP contribution < -0.4 is 10.6 Å². The molecule has 1 aromatic rings. The van der Waals surface area contributed by atoms with Crippen LogP contribution in [-0.2, 0) is 0 Å². The molecule has 1 aliphatic rings. The molecule has 1 aromatic carbocycles. The molecule has 0 amide bonds. The number of anilines is 1. The third-order valence-corrected chi connectivity index (χ3v) is 4.05. The van der Waals surface area contributed by atoms with Gasteiger partial charge in [-0.05, 0) is 41.0 Å². The molecule has 1 fully saturated rings. The summed E-state index contributed by atoms with van der Waals surface area (Å²) in [5, 5.41) is 4.99. The van der Waals surface area contributed by atoms with Crippen molar-refractivity contribution in [2.45, 2.75) is 31.7 Å². The van der Waals surface area contributed by atoms with Gasteiger partial charge in [0, 0.05) is 6.04 Å². The highest BCUT2D eigenvalue weighted by molar-refractivity contribution is 9.10. The van der Waals surface area contributed by atoms with Gasteiger partial charge in [-0.3, -0.25) is 0 Å². The highest BCUT2D eigenvalue weighted by Gasteiger charge is 2.25. The summed E-state index contributed by atoms with van der Waals surface area (Å²) in [6, 6.07) is 0.117. The van der Waals surface area contributed by atoms with Crippen molar-refractivity contribution in [3.63, 3.8) is 0 Å². The van der Waals surface area contributed by atoms with Crippen molar-refractivity contribution in [2.75, 3.05) is 5.32 Å². The minimum Gasteiger partial charge on any atom is -0.360 e. The van der Waals surface area contributed by atoms with E-state index in [1.54, 1.807) is 0 Å². The van der Waals surface area contributed by atoms with E-state index in [2.05, 4.69) is 26.6 Å². The van der Waals surface area contributed by atoms with Crippen LogP contribution in [0.25, 0.3) is 0 Å². The van der Waals surface area contributed by atoms with E-state index in [0.29, 0.717) is 0 Å². The summed E-state index contributed by atoms with van der Waals surface area (Å²) in [7, 11) is 0. The third kappa shape index (κ3) is 3.06. The van der Waals surface area contributed by atoms with E-state index >= 15 is 0 Å². The molecule has 0 heterocycles. The quantitative estimate of drug-likeness (QED) is 0.352. The molecule has 1 saturated carbocycles. The number of hydrogen-bond donors (Lipinski definition) is 2. The van der Waals surface area contributed by atoms with Crippen molar-refractivity contribution in [1.82, 2.24) is 5.32 Å². The second kappa shape index (κ2) is 6.26. The van der Waals surface area contributed by atoms with E-state index in [1.165, 1.54) is 0 Å².